The molecule has 0 fully saturated rings. The second-order valence-electron chi connectivity index (χ2n) is 12.8. The first-order valence-electron chi connectivity index (χ1n) is 16.3. The van der Waals surface area contributed by atoms with E-state index in [0.29, 0.717) is 11.8 Å². The van der Waals surface area contributed by atoms with Crippen LogP contribution in [0.4, 0.5) is 0 Å². The highest BCUT2D eigenvalue weighted by Gasteiger charge is 2.26. The van der Waals surface area contributed by atoms with Crippen molar-refractivity contribution in [1.82, 2.24) is 14.1 Å². The van der Waals surface area contributed by atoms with Crippen LogP contribution in [0.1, 0.15) is 18.4 Å². The first-order valence-corrected chi connectivity index (χ1v) is 16.3. The Morgan fingerprint density at radius 3 is 2.07 bits per heavy atom. The van der Waals surface area contributed by atoms with Crippen LogP contribution >= 0.6 is 0 Å². The van der Waals surface area contributed by atoms with Crippen molar-refractivity contribution in [2.24, 2.45) is 11.8 Å². The Labute approximate surface area is 267 Å². The van der Waals surface area contributed by atoms with E-state index in [9.17, 15) is 0 Å². The summed E-state index contributed by atoms with van der Waals surface area (Å²) in [4.78, 5) is 4.93. The molecule has 10 rings (SSSR count). The van der Waals surface area contributed by atoms with Gasteiger partial charge >= 0.3 is 0 Å². The summed E-state index contributed by atoms with van der Waals surface area (Å²) in [5, 5.41) is 7.49. The van der Waals surface area contributed by atoms with Crippen LogP contribution in [0.3, 0.4) is 0 Å². The smallest absolute Gasteiger partial charge is 0.137 e. The molecule has 3 heteroatoms. The van der Waals surface area contributed by atoms with Gasteiger partial charge in [0.25, 0.3) is 0 Å². The van der Waals surface area contributed by atoms with E-state index in [1.54, 1.807) is 0 Å². The molecule has 8 aromatic rings. The van der Waals surface area contributed by atoms with Gasteiger partial charge in [0.1, 0.15) is 5.82 Å². The summed E-state index contributed by atoms with van der Waals surface area (Å²) in [6.07, 6.45) is 15.9. The summed E-state index contributed by atoms with van der Waals surface area (Å²) in [7, 11) is 0. The lowest BCUT2D eigenvalue weighted by Crippen LogP contribution is -2.10. The molecule has 46 heavy (non-hydrogen) atoms. The fourth-order valence-corrected chi connectivity index (χ4v) is 8.23. The van der Waals surface area contributed by atoms with Gasteiger partial charge in [-0.2, -0.15) is 0 Å². The number of aromatic nitrogens is 3. The average Bonchev–Trinajstić information content (AvgIpc) is 3.58. The lowest BCUT2D eigenvalue weighted by atomic mass is 9.81. The number of fused-ring (bicyclic) bond motifs is 12. The summed E-state index contributed by atoms with van der Waals surface area (Å²) in [5.74, 6) is 2.04. The molecule has 0 saturated heterocycles. The molecule has 2 atom stereocenters. The monoisotopic (exact) mass is 589 g/mol. The van der Waals surface area contributed by atoms with Gasteiger partial charge in [0.15, 0.2) is 0 Å². The zero-order valence-corrected chi connectivity index (χ0v) is 25.3. The normalized spacial score (nSPS) is 17.8. The minimum absolute atomic E-state index is 0.511. The van der Waals surface area contributed by atoms with Crippen molar-refractivity contribution in [1.29, 1.82) is 0 Å². The molecule has 0 spiro atoms. The molecule has 3 nitrogen and oxygen atoms in total. The van der Waals surface area contributed by atoms with Gasteiger partial charge in [0.05, 0.1) is 22.1 Å². The number of pyridine rings is 1. The molecule has 0 N–H and O–H groups in total. The Balaban J connectivity index is 1.32. The van der Waals surface area contributed by atoms with Gasteiger partial charge in [-0.25, -0.2) is 4.98 Å². The van der Waals surface area contributed by atoms with Crippen molar-refractivity contribution >= 4 is 60.0 Å². The maximum Gasteiger partial charge on any atom is 0.137 e. The van der Waals surface area contributed by atoms with Crippen molar-refractivity contribution < 1.29 is 0 Å². The molecular formula is C43H31N3. The van der Waals surface area contributed by atoms with E-state index >= 15 is 0 Å². The van der Waals surface area contributed by atoms with E-state index in [1.165, 1.54) is 77.6 Å². The van der Waals surface area contributed by atoms with Crippen LogP contribution in [0.25, 0.3) is 71.5 Å². The van der Waals surface area contributed by atoms with Gasteiger partial charge in [-0.3, -0.25) is 4.57 Å². The number of hydrogen-bond acceptors (Lipinski definition) is 1. The standard InChI is InChI=1S/C43H31N3/c1-2-12-29-25-28(11-1)26-31(27-29)30-20-22-32(23-21-30)45-38-18-8-7-17-37(38)42-43(45)40-35-15-5-3-13-33(35)34-14-4-6-16-36(34)41(40)46(42)39-19-9-10-24-44-39/h1-24,26,28-29H,25,27H2. The lowest BCUT2D eigenvalue weighted by molar-refractivity contribution is 0.532. The third-order valence-corrected chi connectivity index (χ3v) is 10.1. The highest BCUT2D eigenvalue weighted by Crippen LogP contribution is 2.46. The highest BCUT2D eigenvalue weighted by atomic mass is 15.1. The van der Waals surface area contributed by atoms with Crippen molar-refractivity contribution in [2.45, 2.75) is 12.8 Å². The number of nitrogens with zero attached hydrogens (tertiary/aromatic N) is 3. The Morgan fingerprint density at radius 2 is 1.26 bits per heavy atom. The Bertz CT molecular complexity index is 2580. The first-order chi connectivity index (χ1) is 22.8. The largest absolute Gasteiger partial charge is 0.307 e. The third-order valence-electron chi connectivity index (χ3n) is 10.1. The van der Waals surface area contributed by atoms with E-state index in [2.05, 4.69) is 149 Å². The van der Waals surface area contributed by atoms with Crippen LogP contribution in [0, 0.1) is 11.8 Å². The molecule has 0 aliphatic heterocycles. The molecule has 2 aliphatic carbocycles. The molecule has 2 aliphatic rings. The zero-order chi connectivity index (χ0) is 30.2. The van der Waals surface area contributed by atoms with Crippen LogP contribution in [0.2, 0.25) is 0 Å². The number of allylic oxidation sites excluding steroid dienone is 6. The topological polar surface area (TPSA) is 22.8 Å². The van der Waals surface area contributed by atoms with E-state index in [0.717, 1.165) is 12.2 Å². The van der Waals surface area contributed by atoms with Crippen LogP contribution in [-0.2, 0) is 0 Å². The molecule has 0 amide bonds. The Morgan fingerprint density at radius 1 is 0.565 bits per heavy atom. The fraction of sp³-hybridized carbons (Fsp3) is 0.0930. The van der Waals surface area contributed by atoms with E-state index in [-0.39, 0.29) is 0 Å². The quantitative estimate of drug-likeness (QED) is 0.188. The average molecular weight is 590 g/mol. The van der Waals surface area contributed by atoms with Crippen LogP contribution in [0.5, 0.6) is 0 Å². The predicted octanol–water partition coefficient (Wildman–Crippen LogP) is 11.0. The van der Waals surface area contributed by atoms with E-state index in [4.69, 9.17) is 4.98 Å². The van der Waals surface area contributed by atoms with Crippen molar-refractivity contribution in [2.75, 3.05) is 0 Å². The first kappa shape index (κ1) is 25.6. The summed E-state index contributed by atoms with van der Waals surface area (Å²) in [5.41, 5.74) is 8.74. The molecule has 3 heterocycles. The van der Waals surface area contributed by atoms with Gasteiger partial charge in [-0.05, 0) is 82.3 Å². The van der Waals surface area contributed by atoms with Gasteiger partial charge in [0, 0.05) is 28.0 Å². The summed E-state index contributed by atoms with van der Waals surface area (Å²) in [6, 6.07) is 42.0. The van der Waals surface area contributed by atoms with E-state index < -0.39 is 0 Å². The van der Waals surface area contributed by atoms with Gasteiger partial charge in [0.2, 0.25) is 0 Å². The molecular weight excluding hydrogens is 558 g/mol. The van der Waals surface area contributed by atoms with Gasteiger partial charge in [-0.15, -0.1) is 0 Å². The fourth-order valence-electron chi connectivity index (χ4n) is 8.23. The number of rotatable bonds is 3. The summed E-state index contributed by atoms with van der Waals surface area (Å²) in [6.45, 7) is 0. The maximum atomic E-state index is 4.93. The van der Waals surface area contributed by atoms with E-state index in [1.807, 2.05) is 12.3 Å². The zero-order valence-electron chi connectivity index (χ0n) is 25.3. The minimum atomic E-state index is 0.511. The van der Waals surface area contributed by atoms with Crippen molar-refractivity contribution in [3.05, 3.63) is 157 Å². The lowest BCUT2D eigenvalue weighted by Gasteiger charge is -2.24. The predicted molar refractivity (Wildman–Crippen MR) is 193 cm³/mol. The van der Waals surface area contributed by atoms with Crippen LogP contribution in [-0.4, -0.2) is 14.1 Å². The number of hydrogen-bond donors (Lipinski definition) is 0. The SMILES string of the molecule is C1=CC2C=C(c3ccc(-n4c5ccccc5c5c4c4c6ccccc6c6ccccc6c4n5-c4ccccn4)cc3)CC(C=C1)C2. The van der Waals surface area contributed by atoms with Crippen molar-refractivity contribution in [3.63, 3.8) is 0 Å². The maximum absolute atomic E-state index is 4.93. The second-order valence-corrected chi connectivity index (χ2v) is 12.8. The summed E-state index contributed by atoms with van der Waals surface area (Å²) < 4.78 is 4.89. The highest BCUT2D eigenvalue weighted by molar-refractivity contribution is 6.34. The van der Waals surface area contributed by atoms with Gasteiger partial charge in [-0.1, -0.05) is 115 Å². The molecule has 2 unspecified atom stereocenters. The van der Waals surface area contributed by atoms with Crippen molar-refractivity contribution in [3.8, 4) is 11.5 Å². The molecule has 0 radical (unpaired) electrons. The summed E-state index contributed by atoms with van der Waals surface area (Å²) >= 11 is 0. The number of para-hydroxylation sites is 1. The van der Waals surface area contributed by atoms with Gasteiger partial charge < -0.3 is 4.57 Å². The molecule has 0 saturated carbocycles. The number of benzene rings is 5. The molecule has 2 bridgehead atoms. The Hall–Kier alpha value is -5.67. The second kappa shape index (κ2) is 9.92. The molecule has 3 aromatic heterocycles. The van der Waals surface area contributed by atoms with Crippen LogP contribution in [0.15, 0.2) is 152 Å². The van der Waals surface area contributed by atoms with Crippen LogP contribution < -0.4 is 0 Å². The molecule has 5 aromatic carbocycles. The molecule has 218 valence electrons. The third kappa shape index (κ3) is 3.69. The minimum Gasteiger partial charge on any atom is -0.307 e. The Kier molecular flexibility index (Phi) is 5.53.